The number of aromatic nitrogens is 2. The lowest BCUT2D eigenvalue weighted by Gasteiger charge is -2.39. The van der Waals surface area contributed by atoms with Gasteiger partial charge in [-0.2, -0.15) is 0 Å². The fourth-order valence-electron chi connectivity index (χ4n) is 3.28. The molecule has 2 aliphatic rings. The zero-order chi connectivity index (χ0) is 16.9. The van der Waals surface area contributed by atoms with E-state index in [1.807, 2.05) is 25.8 Å². The van der Waals surface area contributed by atoms with Crippen LogP contribution in [-0.4, -0.2) is 59.5 Å². The van der Waals surface area contributed by atoms with Gasteiger partial charge in [0.05, 0.1) is 12.4 Å². The van der Waals surface area contributed by atoms with Crippen LogP contribution in [0.25, 0.3) is 0 Å². The van der Waals surface area contributed by atoms with Crippen LogP contribution in [0.2, 0.25) is 0 Å². The van der Waals surface area contributed by atoms with Gasteiger partial charge in [-0.3, -0.25) is 9.79 Å². The van der Waals surface area contributed by atoms with Crippen molar-refractivity contribution in [3.05, 3.63) is 18.7 Å². The second kappa shape index (κ2) is 9.40. The molecule has 3 rings (SSSR count). The normalized spacial score (nSPS) is 23.8. The number of imidazole rings is 1. The topological polar surface area (TPSA) is 74.6 Å². The third-order valence-electron chi connectivity index (χ3n) is 4.99. The molecule has 1 saturated heterocycles. The molecular formula is C17H29IN6O. The SMILES string of the molecule is CN=C(NCCNC(=O)C1CC1)N1CCC(C)C(n2ccnc2)C1.I. The van der Waals surface area contributed by atoms with Crippen molar-refractivity contribution in [2.75, 3.05) is 33.2 Å². The second-order valence-electron chi connectivity index (χ2n) is 6.83. The smallest absolute Gasteiger partial charge is 0.223 e. The molecule has 1 aliphatic heterocycles. The molecule has 1 saturated carbocycles. The number of nitrogens with zero attached hydrogens (tertiary/aromatic N) is 4. The van der Waals surface area contributed by atoms with Crippen LogP contribution >= 0.6 is 24.0 Å². The number of likely N-dealkylation sites (tertiary alicyclic amines) is 1. The number of guanidine groups is 1. The Morgan fingerprint density at radius 2 is 2.04 bits per heavy atom. The number of hydrogen-bond acceptors (Lipinski definition) is 3. The minimum Gasteiger partial charge on any atom is -0.354 e. The summed E-state index contributed by atoms with van der Waals surface area (Å²) in [5.41, 5.74) is 0. The maximum Gasteiger partial charge on any atom is 0.223 e. The third-order valence-corrected chi connectivity index (χ3v) is 4.99. The highest BCUT2D eigenvalue weighted by molar-refractivity contribution is 14.0. The predicted molar refractivity (Wildman–Crippen MR) is 109 cm³/mol. The van der Waals surface area contributed by atoms with Crippen LogP contribution in [0.15, 0.2) is 23.7 Å². The molecule has 1 aromatic rings. The minimum atomic E-state index is 0. The maximum absolute atomic E-state index is 11.6. The molecular weight excluding hydrogens is 431 g/mol. The van der Waals surface area contributed by atoms with E-state index >= 15 is 0 Å². The Hall–Kier alpha value is -1.32. The highest BCUT2D eigenvalue weighted by Gasteiger charge is 2.30. The first-order chi connectivity index (χ1) is 11.7. The lowest BCUT2D eigenvalue weighted by atomic mass is 9.93. The number of carbonyl (C=O) groups is 1. The summed E-state index contributed by atoms with van der Waals surface area (Å²) in [5, 5.41) is 6.35. The van der Waals surface area contributed by atoms with Crippen molar-refractivity contribution < 1.29 is 4.79 Å². The largest absolute Gasteiger partial charge is 0.354 e. The molecule has 2 heterocycles. The summed E-state index contributed by atoms with van der Waals surface area (Å²) in [6.07, 6.45) is 8.98. The fourth-order valence-corrected chi connectivity index (χ4v) is 3.28. The van der Waals surface area contributed by atoms with Gasteiger partial charge < -0.3 is 20.1 Å². The second-order valence-corrected chi connectivity index (χ2v) is 6.83. The Bertz CT molecular complexity index is 572. The lowest BCUT2D eigenvalue weighted by Crippen LogP contribution is -2.50. The third kappa shape index (κ3) is 5.32. The number of aliphatic imine (C=N–C) groups is 1. The number of hydrogen-bond donors (Lipinski definition) is 2. The molecule has 25 heavy (non-hydrogen) atoms. The van der Waals surface area contributed by atoms with Crippen molar-refractivity contribution in [1.82, 2.24) is 25.1 Å². The Morgan fingerprint density at radius 1 is 1.28 bits per heavy atom. The molecule has 140 valence electrons. The van der Waals surface area contributed by atoms with Gasteiger partial charge in [0.15, 0.2) is 5.96 Å². The van der Waals surface area contributed by atoms with Gasteiger partial charge in [-0.05, 0) is 25.2 Å². The number of halogens is 1. The van der Waals surface area contributed by atoms with Gasteiger partial charge in [0.1, 0.15) is 0 Å². The molecule has 0 radical (unpaired) electrons. The van der Waals surface area contributed by atoms with Gasteiger partial charge in [0.2, 0.25) is 5.91 Å². The quantitative estimate of drug-likeness (QED) is 0.302. The van der Waals surface area contributed by atoms with Crippen molar-refractivity contribution in [2.45, 2.75) is 32.2 Å². The molecule has 0 spiro atoms. The summed E-state index contributed by atoms with van der Waals surface area (Å²) in [4.78, 5) is 22.5. The number of piperidine rings is 1. The van der Waals surface area contributed by atoms with Crippen LogP contribution < -0.4 is 10.6 Å². The summed E-state index contributed by atoms with van der Waals surface area (Å²) in [7, 11) is 1.81. The van der Waals surface area contributed by atoms with Gasteiger partial charge in [-0.1, -0.05) is 6.92 Å². The average Bonchev–Trinajstić information content (AvgIpc) is 3.31. The van der Waals surface area contributed by atoms with E-state index in [4.69, 9.17) is 0 Å². The number of carbonyl (C=O) groups excluding carboxylic acids is 1. The van der Waals surface area contributed by atoms with Crippen molar-refractivity contribution in [2.24, 2.45) is 16.8 Å². The van der Waals surface area contributed by atoms with Crippen molar-refractivity contribution >= 4 is 35.8 Å². The molecule has 2 N–H and O–H groups in total. The number of nitrogens with one attached hydrogen (secondary N) is 2. The maximum atomic E-state index is 11.6. The first-order valence-corrected chi connectivity index (χ1v) is 8.89. The zero-order valence-electron chi connectivity index (χ0n) is 15.0. The molecule has 8 heteroatoms. The van der Waals surface area contributed by atoms with Crippen LogP contribution in [0.1, 0.15) is 32.2 Å². The molecule has 2 atom stereocenters. The van der Waals surface area contributed by atoms with E-state index < -0.39 is 0 Å². The van der Waals surface area contributed by atoms with Crippen LogP contribution in [0.5, 0.6) is 0 Å². The van der Waals surface area contributed by atoms with Crippen molar-refractivity contribution in [3.8, 4) is 0 Å². The van der Waals surface area contributed by atoms with E-state index in [0.29, 0.717) is 25.0 Å². The number of rotatable bonds is 5. The van der Waals surface area contributed by atoms with E-state index in [2.05, 4.69) is 37.0 Å². The summed E-state index contributed by atoms with van der Waals surface area (Å²) in [6, 6.07) is 0.411. The van der Waals surface area contributed by atoms with Gasteiger partial charge >= 0.3 is 0 Å². The summed E-state index contributed by atoms with van der Waals surface area (Å²) in [5.74, 6) is 1.99. The van der Waals surface area contributed by atoms with E-state index in [1.54, 1.807) is 0 Å². The summed E-state index contributed by atoms with van der Waals surface area (Å²) < 4.78 is 2.19. The Morgan fingerprint density at radius 3 is 2.68 bits per heavy atom. The molecule has 7 nitrogen and oxygen atoms in total. The minimum absolute atomic E-state index is 0. The molecule has 0 aromatic carbocycles. The standard InChI is InChI=1S/C17H28N6O.HI/c1-13-5-9-22(11-15(13)23-10-8-19-12-23)17(18-2)21-7-6-20-16(24)14-3-4-14;/h8,10,12-15H,3-7,9,11H2,1-2H3,(H,18,21)(H,20,24);1H. The van der Waals surface area contributed by atoms with Crippen LogP contribution in [-0.2, 0) is 4.79 Å². The molecule has 1 amide bonds. The first-order valence-electron chi connectivity index (χ1n) is 8.89. The van der Waals surface area contributed by atoms with E-state index in [-0.39, 0.29) is 35.8 Å². The van der Waals surface area contributed by atoms with Crippen molar-refractivity contribution in [1.29, 1.82) is 0 Å². The lowest BCUT2D eigenvalue weighted by molar-refractivity contribution is -0.122. The van der Waals surface area contributed by atoms with Gasteiger partial charge in [-0.25, -0.2) is 4.98 Å². The molecule has 1 aromatic heterocycles. The van der Waals surface area contributed by atoms with Gasteiger partial charge in [0, 0.05) is 51.5 Å². The van der Waals surface area contributed by atoms with E-state index in [0.717, 1.165) is 38.3 Å². The van der Waals surface area contributed by atoms with Crippen LogP contribution in [0, 0.1) is 11.8 Å². The predicted octanol–water partition coefficient (Wildman–Crippen LogP) is 1.49. The van der Waals surface area contributed by atoms with Crippen LogP contribution in [0.3, 0.4) is 0 Å². The zero-order valence-corrected chi connectivity index (χ0v) is 17.3. The van der Waals surface area contributed by atoms with Gasteiger partial charge in [-0.15, -0.1) is 24.0 Å². The summed E-state index contributed by atoms with van der Waals surface area (Å²) in [6.45, 7) is 5.56. The Kier molecular flexibility index (Phi) is 7.52. The molecule has 2 unspecified atom stereocenters. The van der Waals surface area contributed by atoms with Crippen LogP contribution in [0.4, 0.5) is 0 Å². The van der Waals surface area contributed by atoms with Gasteiger partial charge in [0.25, 0.3) is 0 Å². The fraction of sp³-hybridized carbons (Fsp3) is 0.706. The highest BCUT2D eigenvalue weighted by Crippen LogP contribution is 2.28. The summed E-state index contributed by atoms with van der Waals surface area (Å²) >= 11 is 0. The number of amides is 1. The molecule has 2 fully saturated rings. The monoisotopic (exact) mass is 460 g/mol. The average molecular weight is 460 g/mol. The van der Waals surface area contributed by atoms with E-state index in [9.17, 15) is 4.79 Å². The molecule has 1 aliphatic carbocycles. The molecule has 0 bridgehead atoms. The Labute approximate surface area is 166 Å². The highest BCUT2D eigenvalue weighted by atomic mass is 127. The van der Waals surface area contributed by atoms with E-state index in [1.165, 1.54) is 0 Å². The first kappa shape index (κ1) is 20.0. The van der Waals surface area contributed by atoms with Crippen molar-refractivity contribution in [3.63, 3.8) is 0 Å². The Balaban J connectivity index is 0.00000225.